The number of fused-ring (bicyclic) bond motifs is 1. The van der Waals surface area contributed by atoms with Gasteiger partial charge in [0.25, 0.3) is 0 Å². The highest BCUT2D eigenvalue weighted by atomic mass is 16.4. The quantitative estimate of drug-likeness (QED) is 0.853. The number of benzene rings is 1. The fourth-order valence-electron chi connectivity index (χ4n) is 2.14. The highest BCUT2D eigenvalue weighted by Gasteiger charge is 2.14. The molecule has 0 bridgehead atoms. The Balaban J connectivity index is 2.31. The molecule has 6 nitrogen and oxygen atoms in total. The molecule has 1 heterocycles. The summed E-state index contributed by atoms with van der Waals surface area (Å²) >= 11 is 0. The van der Waals surface area contributed by atoms with Gasteiger partial charge < -0.3 is 10.0 Å². The van der Waals surface area contributed by atoms with Crippen LogP contribution in [0.25, 0.3) is 11.0 Å². The van der Waals surface area contributed by atoms with Crippen molar-refractivity contribution in [3.05, 3.63) is 23.8 Å². The van der Waals surface area contributed by atoms with Gasteiger partial charge in [0, 0.05) is 6.54 Å². The fraction of sp³-hybridized carbons (Fsp3) is 0.462. The molecule has 6 heteroatoms. The van der Waals surface area contributed by atoms with Crippen LogP contribution in [0.1, 0.15) is 24.2 Å². The Hall–Kier alpha value is -1.95. The molecule has 2 aromatic rings. The lowest BCUT2D eigenvalue weighted by Gasteiger charge is -2.17. The first-order valence-corrected chi connectivity index (χ1v) is 6.45. The van der Waals surface area contributed by atoms with E-state index in [1.54, 1.807) is 22.9 Å². The lowest BCUT2D eigenvalue weighted by molar-refractivity contribution is 0.0698. The number of rotatable bonds is 6. The number of carboxylic acid groups (broad SMARTS) is 1. The lowest BCUT2D eigenvalue weighted by Crippen LogP contribution is -2.27. The molecule has 2 rings (SSSR count). The van der Waals surface area contributed by atoms with Crippen LogP contribution >= 0.6 is 0 Å². The zero-order valence-corrected chi connectivity index (χ0v) is 11.2. The van der Waals surface area contributed by atoms with Gasteiger partial charge in [-0.3, -0.25) is 0 Å². The van der Waals surface area contributed by atoms with Crippen LogP contribution in [0.4, 0.5) is 0 Å². The average Bonchev–Trinajstić information content (AvgIpc) is 2.83. The van der Waals surface area contributed by atoms with E-state index in [9.17, 15) is 9.90 Å². The molecule has 1 aromatic carbocycles. The Kier molecular flexibility index (Phi) is 4.11. The highest BCUT2D eigenvalue weighted by Crippen LogP contribution is 2.16. The summed E-state index contributed by atoms with van der Waals surface area (Å²) in [6.07, 6.45) is 0. The number of nitrogens with zero attached hydrogens (tertiary/aromatic N) is 4. The predicted octanol–water partition coefficient (Wildman–Crippen LogP) is 1.47. The summed E-state index contributed by atoms with van der Waals surface area (Å²) in [5, 5.41) is 17.3. The van der Waals surface area contributed by atoms with Crippen molar-refractivity contribution in [2.45, 2.75) is 20.4 Å². The van der Waals surface area contributed by atoms with Gasteiger partial charge >= 0.3 is 5.97 Å². The van der Waals surface area contributed by atoms with Crippen LogP contribution < -0.4 is 0 Å². The fourth-order valence-corrected chi connectivity index (χ4v) is 2.14. The maximum absolute atomic E-state index is 11.2. The maximum Gasteiger partial charge on any atom is 0.337 e. The zero-order valence-electron chi connectivity index (χ0n) is 11.2. The van der Waals surface area contributed by atoms with Gasteiger partial charge in [0.2, 0.25) is 0 Å². The molecule has 19 heavy (non-hydrogen) atoms. The monoisotopic (exact) mass is 262 g/mol. The van der Waals surface area contributed by atoms with E-state index in [2.05, 4.69) is 29.1 Å². The molecule has 0 atom stereocenters. The van der Waals surface area contributed by atoms with Crippen molar-refractivity contribution in [3.8, 4) is 0 Å². The van der Waals surface area contributed by atoms with Gasteiger partial charge in [-0.2, -0.15) is 0 Å². The zero-order chi connectivity index (χ0) is 13.8. The van der Waals surface area contributed by atoms with Gasteiger partial charge in [-0.25, -0.2) is 9.48 Å². The SMILES string of the molecule is CCN(CC)CCn1nnc2cccc(C(=O)O)c21. The third-order valence-corrected chi connectivity index (χ3v) is 3.29. The number of carbonyl (C=O) groups is 1. The normalized spacial score (nSPS) is 11.3. The predicted molar refractivity (Wildman–Crippen MR) is 72.3 cm³/mol. The molecule has 0 unspecified atom stereocenters. The van der Waals surface area contributed by atoms with E-state index in [4.69, 9.17) is 0 Å². The molecule has 0 aliphatic carbocycles. The summed E-state index contributed by atoms with van der Waals surface area (Å²) in [5.41, 5.74) is 1.48. The standard InChI is InChI=1S/C13H18N4O2/c1-3-16(4-2)8-9-17-12-10(13(18)19)6-5-7-11(12)14-15-17/h5-7H,3-4,8-9H2,1-2H3,(H,18,19). The van der Waals surface area contributed by atoms with Gasteiger partial charge in [-0.05, 0) is 25.2 Å². The van der Waals surface area contributed by atoms with E-state index < -0.39 is 5.97 Å². The molecule has 0 aliphatic heterocycles. The van der Waals surface area contributed by atoms with Crippen LogP contribution in [0.2, 0.25) is 0 Å². The van der Waals surface area contributed by atoms with Crippen molar-refractivity contribution in [2.75, 3.05) is 19.6 Å². The third kappa shape index (κ3) is 2.73. The second-order valence-electron chi connectivity index (χ2n) is 4.32. The van der Waals surface area contributed by atoms with Gasteiger partial charge in [0.15, 0.2) is 0 Å². The van der Waals surface area contributed by atoms with Gasteiger partial charge in [0.1, 0.15) is 11.0 Å². The van der Waals surface area contributed by atoms with Crippen LogP contribution in [0.3, 0.4) is 0 Å². The Morgan fingerprint density at radius 3 is 2.74 bits per heavy atom. The number of para-hydroxylation sites is 1. The molecular weight excluding hydrogens is 244 g/mol. The first kappa shape index (κ1) is 13.5. The van der Waals surface area contributed by atoms with E-state index in [-0.39, 0.29) is 5.56 Å². The van der Waals surface area contributed by atoms with E-state index in [1.165, 1.54) is 0 Å². The van der Waals surface area contributed by atoms with Crippen molar-refractivity contribution in [1.82, 2.24) is 19.9 Å². The second-order valence-corrected chi connectivity index (χ2v) is 4.32. The van der Waals surface area contributed by atoms with Crippen LogP contribution in [0, 0.1) is 0 Å². The van der Waals surface area contributed by atoms with Gasteiger partial charge in [0.05, 0.1) is 12.1 Å². The molecule has 1 N–H and O–H groups in total. The van der Waals surface area contributed by atoms with Crippen LogP contribution in [0.5, 0.6) is 0 Å². The summed E-state index contributed by atoms with van der Waals surface area (Å²) < 4.78 is 1.68. The smallest absolute Gasteiger partial charge is 0.337 e. The number of aromatic nitrogens is 3. The van der Waals surface area contributed by atoms with Crippen molar-refractivity contribution in [2.24, 2.45) is 0 Å². The van der Waals surface area contributed by atoms with Crippen molar-refractivity contribution in [1.29, 1.82) is 0 Å². The van der Waals surface area contributed by atoms with Crippen LogP contribution in [-0.4, -0.2) is 50.6 Å². The van der Waals surface area contributed by atoms with Gasteiger partial charge in [-0.15, -0.1) is 5.10 Å². The van der Waals surface area contributed by atoms with Crippen molar-refractivity contribution in [3.63, 3.8) is 0 Å². The Morgan fingerprint density at radius 1 is 1.37 bits per heavy atom. The second kappa shape index (κ2) is 5.79. The number of aromatic carboxylic acids is 1. The highest BCUT2D eigenvalue weighted by molar-refractivity contribution is 6.00. The summed E-state index contributed by atoms with van der Waals surface area (Å²) in [6, 6.07) is 5.06. The topological polar surface area (TPSA) is 71.2 Å². The summed E-state index contributed by atoms with van der Waals surface area (Å²) in [7, 11) is 0. The minimum atomic E-state index is -0.947. The summed E-state index contributed by atoms with van der Waals surface area (Å²) in [5.74, 6) is -0.947. The summed E-state index contributed by atoms with van der Waals surface area (Å²) in [4.78, 5) is 13.5. The number of carboxylic acids is 1. The van der Waals surface area contributed by atoms with E-state index >= 15 is 0 Å². The molecule has 0 saturated carbocycles. The molecule has 0 fully saturated rings. The van der Waals surface area contributed by atoms with Crippen molar-refractivity contribution >= 4 is 17.0 Å². The first-order chi connectivity index (χ1) is 9.17. The average molecular weight is 262 g/mol. The molecule has 0 amide bonds. The van der Waals surface area contributed by atoms with Crippen LogP contribution in [-0.2, 0) is 6.54 Å². The molecule has 1 aromatic heterocycles. The molecular formula is C13H18N4O2. The minimum absolute atomic E-state index is 0.252. The molecule has 0 saturated heterocycles. The number of hydrogen-bond donors (Lipinski definition) is 1. The Labute approximate surface area is 111 Å². The summed E-state index contributed by atoms with van der Waals surface area (Å²) in [6.45, 7) is 7.61. The van der Waals surface area contributed by atoms with Gasteiger partial charge in [-0.1, -0.05) is 25.1 Å². The molecule has 0 radical (unpaired) electrons. The lowest BCUT2D eigenvalue weighted by atomic mass is 10.2. The maximum atomic E-state index is 11.2. The molecule has 0 spiro atoms. The van der Waals surface area contributed by atoms with E-state index in [0.717, 1.165) is 19.6 Å². The van der Waals surface area contributed by atoms with E-state index in [0.29, 0.717) is 17.6 Å². The molecule has 102 valence electrons. The number of likely N-dealkylation sites (N-methyl/N-ethyl adjacent to an activating group) is 1. The van der Waals surface area contributed by atoms with Crippen LogP contribution in [0.15, 0.2) is 18.2 Å². The Bertz CT molecular complexity index is 575. The van der Waals surface area contributed by atoms with E-state index in [1.807, 2.05) is 0 Å². The minimum Gasteiger partial charge on any atom is -0.478 e. The first-order valence-electron chi connectivity index (χ1n) is 6.45. The molecule has 0 aliphatic rings. The largest absolute Gasteiger partial charge is 0.478 e. The Morgan fingerprint density at radius 2 is 2.11 bits per heavy atom. The van der Waals surface area contributed by atoms with Crippen molar-refractivity contribution < 1.29 is 9.90 Å². The third-order valence-electron chi connectivity index (χ3n) is 3.29. The number of hydrogen-bond acceptors (Lipinski definition) is 4.